The summed E-state index contributed by atoms with van der Waals surface area (Å²) in [5.41, 5.74) is 2.12. The first kappa shape index (κ1) is 16.8. The van der Waals surface area contributed by atoms with E-state index in [0.717, 1.165) is 42.3 Å². The van der Waals surface area contributed by atoms with Gasteiger partial charge in [-0.25, -0.2) is 0 Å². The summed E-state index contributed by atoms with van der Waals surface area (Å²) < 4.78 is 6.94. The molecule has 0 bridgehead atoms. The van der Waals surface area contributed by atoms with Gasteiger partial charge in [-0.2, -0.15) is 0 Å². The molecule has 0 aromatic heterocycles. The lowest BCUT2D eigenvalue weighted by Crippen LogP contribution is -2.19. The monoisotopic (exact) mass is 353 g/mol. The molecule has 0 atom stereocenters. The second-order valence-electron chi connectivity index (χ2n) is 7.23. The molecule has 1 saturated carbocycles. The van der Waals surface area contributed by atoms with Crippen LogP contribution < -0.4 is 10.1 Å². The van der Waals surface area contributed by atoms with E-state index in [4.69, 9.17) is 4.74 Å². The van der Waals surface area contributed by atoms with Gasteiger partial charge in [0.1, 0.15) is 5.75 Å². The number of rotatable bonds is 7. The highest BCUT2D eigenvalue weighted by atomic mass is 79.9. The first-order valence-corrected chi connectivity index (χ1v) is 8.72. The third-order valence-corrected chi connectivity index (χ3v) is 5.96. The molecule has 0 radical (unpaired) electrons. The van der Waals surface area contributed by atoms with E-state index in [2.05, 4.69) is 68.0 Å². The molecule has 0 unspecified atom stereocenters. The molecule has 1 aliphatic rings. The van der Waals surface area contributed by atoms with E-state index in [1.165, 1.54) is 5.56 Å². The maximum Gasteiger partial charge on any atom is 0.123 e. The van der Waals surface area contributed by atoms with Crippen molar-refractivity contribution in [2.24, 2.45) is 16.7 Å². The summed E-state index contributed by atoms with van der Waals surface area (Å²) >= 11 is 3.55. The summed E-state index contributed by atoms with van der Waals surface area (Å²) in [7, 11) is 0. The lowest BCUT2D eigenvalue weighted by Gasteiger charge is -2.13. The Morgan fingerprint density at radius 3 is 2.43 bits per heavy atom. The molecule has 1 fully saturated rings. The van der Waals surface area contributed by atoms with Crippen LogP contribution in [0.15, 0.2) is 22.7 Å². The predicted octanol–water partition coefficient (Wildman–Crippen LogP) is 5.01. The van der Waals surface area contributed by atoms with E-state index < -0.39 is 0 Å². The van der Waals surface area contributed by atoms with Crippen LogP contribution in [0, 0.1) is 16.7 Å². The molecule has 3 heteroatoms. The second-order valence-corrected chi connectivity index (χ2v) is 8.14. The predicted molar refractivity (Wildman–Crippen MR) is 92.7 cm³/mol. The van der Waals surface area contributed by atoms with Gasteiger partial charge in [0.15, 0.2) is 0 Å². The Balaban J connectivity index is 1.92. The van der Waals surface area contributed by atoms with Crippen molar-refractivity contribution in [1.29, 1.82) is 0 Å². The smallest absolute Gasteiger partial charge is 0.123 e. The Kier molecular flexibility index (Phi) is 5.04. The van der Waals surface area contributed by atoms with Crippen LogP contribution in [-0.4, -0.2) is 13.2 Å². The SMILES string of the molecule is CCCOc1ccc(Br)cc1CNCC1C(C)(C)C1(C)C. The molecule has 21 heavy (non-hydrogen) atoms. The fourth-order valence-electron chi connectivity index (χ4n) is 3.23. The minimum Gasteiger partial charge on any atom is -0.493 e. The third kappa shape index (κ3) is 3.45. The number of ether oxygens (including phenoxy) is 1. The van der Waals surface area contributed by atoms with Gasteiger partial charge in [0.05, 0.1) is 6.61 Å². The zero-order valence-electron chi connectivity index (χ0n) is 13.9. The Morgan fingerprint density at radius 2 is 1.86 bits per heavy atom. The lowest BCUT2D eigenvalue weighted by atomic mass is 10.0. The molecule has 118 valence electrons. The van der Waals surface area contributed by atoms with Crippen LogP contribution in [0.25, 0.3) is 0 Å². The van der Waals surface area contributed by atoms with Gasteiger partial charge in [-0.1, -0.05) is 50.5 Å². The fourth-order valence-corrected chi connectivity index (χ4v) is 3.64. The van der Waals surface area contributed by atoms with E-state index in [0.29, 0.717) is 10.8 Å². The van der Waals surface area contributed by atoms with Gasteiger partial charge < -0.3 is 10.1 Å². The van der Waals surface area contributed by atoms with Crippen LogP contribution in [-0.2, 0) is 6.54 Å². The summed E-state index contributed by atoms with van der Waals surface area (Å²) in [5, 5.41) is 3.62. The van der Waals surface area contributed by atoms with Crippen LogP contribution in [0.5, 0.6) is 5.75 Å². The quantitative estimate of drug-likeness (QED) is 0.743. The highest BCUT2D eigenvalue weighted by Crippen LogP contribution is 2.67. The van der Waals surface area contributed by atoms with Crippen molar-refractivity contribution in [2.45, 2.75) is 47.6 Å². The Hall–Kier alpha value is -0.540. The van der Waals surface area contributed by atoms with Crippen molar-refractivity contribution < 1.29 is 4.74 Å². The van der Waals surface area contributed by atoms with Crippen LogP contribution in [0.2, 0.25) is 0 Å². The first-order valence-electron chi connectivity index (χ1n) is 7.92. The van der Waals surface area contributed by atoms with Gasteiger partial charge in [-0.05, 0) is 47.9 Å². The lowest BCUT2D eigenvalue weighted by molar-refractivity contribution is 0.313. The van der Waals surface area contributed by atoms with Crippen LogP contribution in [0.4, 0.5) is 0 Å². The molecule has 1 aliphatic carbocycles. The largest absolute Gasteiger partial charge is 0.493 e. The van der Waals surface area contributed by atoms with Gasteiger partial charge in [0.25, 0.3) is 0 Å². The van der Waals surface area contributed by atoms with Crippen molar-refractivity contribution in [3.8, 4) is 5.75 Å². The van der Waals surface area contributed by atoms with E-state index in [9.17, 15) is 0 Å². The third-order valence-electron chi connectivity index (χ3n) is 5.47. The van der Waals surface area contributed by atoms with Crippen LogP contribution >= 0.6 is 15.9 Å². The number of hydrogen-bond acceptors (Lipinski definition) is 2. The van der Waals surface area contributed by atoms with Crippen molar-refractivity contribution in [3.05, 3.63) is 28.2 Å². The first-order chi connectivity index (χ1) is 9.80. The molecule has 1 aromatic rings. The average molecular weight is 354 g/mol. The second kappa shape index (κ2) is 6.29. The maximum atomic E-state index is 5.84. The number of nitrogens with one attached hydrogen (secondary N) is 1. The molecule has 0 spiro atoms. The minimum absolute atomic E-state index is 0.443. The maximum absolute atomic E-state index is 5.84. The standard InChI is InChI=1S/C18H28BrNO/c1-6-9-21-15-8-7-14(19)10-13(15)11-20-12-16-17(2,3)18(16,4)5/h7-8,10,16,20H,6,9,11-12H2,1-5H3. The summed E-state index contributed by atoms with van der Waals surface area (Å²) in [6.45, 7) is 14.3. The molecule has 0 heterocycles. The van der Waals surface area contributed by atoms with E-state index in [1.807, 2.05) is 6.07 Å². The minimum atomic E-state index is 0.443. The van der Waals surface area contributed by atoms with Crippen molar-refractivity contribution >= 4 is 15.9 Å². The van der Waals surface area contributed by atoms with Crippen molar-refractivity contribution in [3.63, 3.8) is 0 Å². The number of halogens is 1. The number of benzene rings is 1. The van der Waals surface area contributed by atoms with Crippen LogP contribution in [0.3, 0.4) is 0 Å². The fraction of sp³-hybridized carbons (Fsp3) is 0.667. The molecular weight excluding hydrogens is 326 g/mol. The average Bonchev–Trinajstić information content (AvgIpc) is 2.80. The zero-order valence-corrected chi connectivity index (χ0v) is 15.5. The van der Waals surface area contributed by atoms with Gasteiger partial charge in [-0.3, -0.25) is 0 Å². The Morgan fingerprint density at radius 1 is 1.19 bits per heavy atom. The molecular formula is C18H28BrNO. The topological polar surface area (TPSA) is 21.3 Å². The molecule has 1 N–H and O–H groups in total. The van der Waals surface area contributed by atoms with Crippen LogP contribution in [0.1, 0.15) is 46.6 Å². The van der Waals surface area contributed by atoms with Gasteiger partial charge >= 0.3 is 0 Å². The van der Waals surface area contributed by atoms with E-state index >= 15 is 0 Å². The Labute approximate surface area is 137 Å². The van der Waals surface area contributed by atoms with Gasteiger partial charge in [0.2, 0.25) is 0 Å². The molecule has 2 rings (SSSR count). The summed E-state index contributed by atoms with van der Waals surface area (Å²) in [6, 6.07) is 6.25. The number of hydrogen-bond donors (Lipinski definition) is 1. The normalized spacial score (nSPS) is 19.5. The van der Waals surface area contributed by atoms with Crippen molar-refractivity contribution in [2.75, 3.05) is 13.2 Å². The molecule has 2 nitrogen and oxygen atoms in total. The molecule has 0 amide bonds. The summed E-state index contributed by atoms with van der Waals surface area (Å²) in [5.74, 6) is 1.75. The summed E-state index contributed by atoms with van der Waals surface area (Å²) in [6.07, 6.45) is 1.04. The van der Waals surface area contributed by atoms with E-state index in [1.54, 1.807) is 0 Å². The highest BCUT2D eigenvalue weighted by molar-refractivity contribution is 9.10. The van der Waals surface area contributed by atoms with Gasteiger partial charge in [0, 0.05) is 16.6 Å². The van der Waals surface area contributed by atoms with E-state index in [-0.39, 0.29) is 0 Å². The highest BCUT2D eigenvalue weighted by Gasteiger charge is 2.63. The summed E-state index contributed by atoms with van der Waals surface area (Å²) in [4.78, 5) is 0. The van der Waals surface area contributed by atoms with Gasteiger partial charge in [-0.15, -0.1) is 0 Å². The molecule has 1 aromatic carbocycles. The zero-order chi connectivity index (χ0) is 15.7. The molecule has 0 aliphatic heterocycles. The van der Waals surface area contributed by atoms with Crippen molar-refractivity contribution in [1.82, 2.24) is 5.32 Å². The molecule has 0 saturated heterocycles. The Bertz CT molecular complexity index is 482.